The number of benzene rings is 2. The Kier molecular flexibility index (Phi) is 5.99. The largest absolute Gasteiger partial charge is 0.507 e. The van der Waals surface area contributed by atoms with Crippen molar-refractivity contribution >= 4 is 0 Å². The third-order valence-electron chi connectivity index (χ3n) is 6.10. The summed E-state index contributed by atoms with van der Waals surface area (Å²) >= 11 is 0. The molecule has 2 aliphatic rings. The molecule has 1 saturated heterocycles. The van der Waals surface area contributed by atoms with Gasteiger partial charge in [-0.05, 0) is 42.5 Å². The highest BCUT2D eigenvalue weighted by Crippen LogP contribution is 2.40. The van der Waals surface area contributed by atoms with E-state index in [0.29, 0.717) is 17.5 Å². The zero-order valence-corrected chi connectivity index (χ0v) is 16.9. The van der Waals surface area contributed by atoms with Gasteiger partial charge in [0.15, 0.2) is 0 Å². The van der Waals surface area contributed by atoms with Gasteiger partial charge >= 0.3 is 0 Å². The Bertz CT molecular complexity index is 911. The average Bonchev–Trinajstić information content (AvgIpc) is 2.76. The number of aromatic hydroxyl groups is 1. The molecule has 162 valence electrons. The molecule has 2 aromatic carbocycles. The number of aliphatic hydroxyl groups excluding tert-OH is 4. The SMILES string of the molecule is Cc1ccc([C@@H]2O[C@H](CO)[C@@H](O)[C@H](O)[C@H]2O)c(O)c1Cc1ccc2c(c1)CCCO2. The van der Waals surface area contributed by atoms with Crippen molar-refractivity contribution < 1.29 is 35.0 Å². The molecule has 2 aromatic rings. The minimum absolute atomic E-state index is 0.0201. The molecule has 2 heterocycles. The monoisotopic (exact) mass is 416 g/mol. The molecule has 5 atom stereocenters. The van der Waals surface area contributed by atoms with Crippen LogP contribution in [0.2, 0.25) is 0 Å². The number of aryl methyl sites for hydroxylation is 2. The van der Waals surface area contributed by atoms with Gasteiger partial charge in [0.2, 0.25) is 0 Å². The first kappa shape index (κ1) is 21.1. The molecule has 0 amide bonds. The normalized spacial score (nSPS) is 28.6. The van der Waals surface area contributed by atoms with Gasteiger partial charge in [0, 0.05) is 17.5 Å². The van der Waals surface area contributed by atoms with Crippen LogP contribution in [0.1, 0.15) is 40.3 Å². The fourth-order valence-electron chi connectivity index (χ4n) is 4.29. The molecular weight excluding hydrogens is 388 g/mol. The van der Waals surface area contributed by atoms with Crippen molar-refractivity contribution in [2.75, 3.05) is 13.2 Å². The molecule has 0 saturated carbocycles. The second kappa shape index (κ2) is 8.53. The first-order valence-electron chi connectivity index (χ1n) is 10.3. The van der Waals surface area contributed by atoms with E-state index < -0.39 is 37.1 Å². The average molecular weight is 416 g/mol. The lowest BCUT2D eigenvalue weighted by atomic mass is 9.88. The Morgan fingerprint density at radius 2 is 1.83 bits per heavy atom. The molecule has 7 nitrogen and oxygen atoms in total. The number of ether oxygens (including phenoxy) is 2. The van der Waals surface area contributed by atoms with Gasteiger partial charge in [-0.2, -0.15) is 0 Å². The van der Waals surface area contributed by atoms with E-state index in [1.165, 1.54) is 0 Å². The Morgan fingerprint density at radius 3 is 2.60 bits per heavy atom. The minimum Gasteiger partial charge on any atom is -0.507 e. The van der Waals surface area contributed by atoms with E-state index in [1.807, 2.05) is 25.1 Å². The van der Waals surface area contributed by atoms with Gasteiger partial charge in [-0.25, -0.2) is 0 Å². The summed E-state index contributed by atoms with van der Waals surface area (Å²) in [5, 5.41) is 51.0. The molecule has 30 heavy (non-hydrogen) atoms. The molecule has 0 radical (unpaired) electrons. The Labute approximate surface area is 175 Å². The predicted octanol–water partition coefficient (Wildman–Crippen LogP) is 1.13. The van der Waals surface area contributed by atoms with Crippen LogP contribution < -0.4 is 4.74 Å². The van der Waals surface area contributed by atoms with Crippen LogP contribution in [0, 0.1) is 6.92 Å². The van der Waals surface area contributed by atoms with E-state index in [-0.39, 0.29) is 5.75 Å². The Hall–Kier alpha value is -2.16. The topological polar surface area (TPSA) is 120 Å². The molecule has 1 fully saturated rings. The van der Waals surface area contributed by atoms with Crippen LogP contribution in [0.4, 0.5) is 0 Å². The maximum Gasteiger partial charge on any atom is 0.125 e. The molecule has 0 bridgehead atoms. The fourth-order valence-corrected chi connectivity index (χ4v) is 4.29. The lowest BCUT2D eigenvalue weighted by Gasteiger charge is -2.40. The first-order valence-corrected chi connectivity index (χ1v) is 10.3. The number of fused-ring (bicyclic) bond motifs is 1. The molecule has 7 heteroatoms. The van der Waals surface area contributed by atoms with Gasteiger partial charge in [-0.3, -0.25) is 0 Å². The van der Waals surface area contributed by atoms with Gasteiger partial charge in [0.05, 0.1) is 13.2 Å². The fraction of sp³-hybridized carbons (Fsp3) is 0.478. The number of phenols is 1. The number of hydrogen-bond acceptors (Lipinski definition) is 7. The maximum absolute atomic E-state index is 11.0. The molecule has 5 N–H and O–H groups in total. The second-order valence-electron chi connectivity index (χ2n) is 8.12. The molecule has 2 aliphatic heterocycles. The third kappa shape index (κ3) is 3.79. The lowest BCUT2D eigenvalue weighted by Crippen LogP contribution is -2.55. The minimum atomic E-state index is -1.49. The summed E-state index contributed by atoms with van der Waals surface area (Å²) in [4.78, 5) is 0. The molecule has 0 aliphatic carbocycles. The molecule has 0 unspecified atom stereocenters. The van der Waals surface area contributed by atoms with Gasteiger partial charge in [0.25, 0.3) is 0 Å². The summed E-state index contributed by atoms with van der Waals surface area (Å²) in [5.41, 5.74) is 4.08. The van der Waals surface area contributed by atoms with Crippen molar-refractivity contribution in [1.29, 1.82) is 0 Å². The van der Waals surface area contributed by atoms with Gasteiger partial charge < -0.3 is 35.0 Å². The van der Waals surface area contributed by atoms with Crippen molar-refractivity contribution in [1.82, 2.24) is 0 Å². The molecule has 4 rings (SSSR count). The quantitative estimate of drug-likeness (QED) is 0.507. The standard InChI is InChI=1S/C23H28O7/c1-12-4-6-15(23-22(28)21(27)20(26)18(11-24)30-23)19(25)16(12)10-13-5-7-17-14(9-13)3-2-8-29-17/h4-7,9,18,20-28H,2-3,8,10-11H2,1H3/t18-,20-,21+,22-,23+/m1/s1. The Morgan fingerprint density at radius 1 is 1.03 bits per heavy atom. The van der Waals surface area contributed by atoms with E-state index in [9.17, 15) is 25.5 Å². The van der Waals surface area contributed by atoms with Gasteiger partial charge in [0.1, 0.15) is 42.0 Å². The maximum atomic E-state index is 11.0. The number of rotatable bonds is 4. The van der Waals surface area contributed by atoms with Crippen LogP contribution in [-0.4, -0.2) is 63.2 Å². The zero-order chi connectivity index (χ0) is 21.4. The van der Waals surface area contributed by atoms with Crippen LogP contribution in [0.5, 0.6) is 11.5 Å². The summed E-state index contributed by atoms with van der Waals surface area (Å²) in [6, 6.07) is 9.49. The highest BCUT2D eigenvalue weighted by atomic mass is 16.5. The van der Waals surface area contributed by atoms with E-state index in [2.05, 4.69) is 6.07 Å². The third-order valence-corrected chi connectivity index (χ3v) is 6.10. The van der Waals surface area contributed by atoms with E-state index in [4.69, 9.17) is 9.47 Å². The predicted molar refractivity (Wildman–Crippen MR) is 109 cm³/mol. The van der Waals surface area contributed by atoms with Crippen LogP contribution in [0.25, 0.3) is 0 Å². The van der Waals surface area contributed by atoms with Crippen molar-refractivity contribution in [2.45, 2.75) is 56.7 Å². The number of aliphatic hydroxyl groups is 4. The summed E-state index contributed by atoms with van der Waals surface area (Å²) in [5.74, 6) is 0.884. The van der Waals surface area contributed by atoms with Crippen molar-refractivity contribution in [3.05, 3.63) is 58.1 Å². The summed E-state index contributed by atoms with van der Waals surface area (Å²) < 4.78 is 11.3. The van der Waals surface area contributed by atoms with Crippen LogP contribution in [-0.2, 0) is 17.6 Å². The summed E-state index contributed by atoms with van der Waals surface area (Å²) in [6.45, 7) is 2.11. The molecule has 0 aromatic heterocycles. The highest BCUT2D eigenvalue weighted by molar-refractivity contribution is 5.50. The number of phenolic OH excluding ortho intramolecular Hbond substituents is 1. The molecule has 0 spiro atoms. The highest BCUT2D eigenvalue weighted by Gasteiger charge is 2.44. The van der Waals surface area contributed by atoms with Gasteiger partial charge in [-0.1, -0.05) is 24.3 Å². The second-order valence-corrected chi connectivity index (χ2v) is 8.12. The van der Waals surface area contributed by atoms with E-state index >= 15 is 0 Å². The van der Waals surface area contributed by atoms with Crippen LogP contribution in [0.3, 0.4) is 0 Å². The van der Waals surface area contributed by atoms with Crippen molar-refractivity contribution in [2.24, 2.45) is 0 Å². The summed E-state index contributed by atoms with van der Waals surface area (Å²) in [6.07, 6.45) is -4.06. The smallest absolute Gasteiger partial charge is 0.125 e. The lowest BCUT2D eigenvalue weighted by molar-refractivity contribution is -0.232. The molecular formula is C23H28O7. The van der Waals surface area contributed by atoms with Crippen molar-refractivity contribution in [3.63, 3.8) is 0 Å². The van der Waals surface area contributed by atoms with Crippen LogP contribution in [0.15, 0.2) is 30.3 Å². The van der Waals surface area contributed by atoms with Crippen molar-refractivity contribution in [3.8, 4) is 11.5 Å². The summed E-state index contributed by atoms with van der Waals surface area (Å²) in [7, 11) is 0. The zero-order valence-electron chi connectivity index (χ0n) is 16.9. The first-order chi connectivity index (χ1) is 14.4. The van der Waals surface area contributed by atoms with Crippen LogP contribution >= 0.6 is 0 Å². The van der Waals surface area contributed by atoms with E-state index in [1.54, 1.807) is 6.07 Å². The number of hydrogen-bond donors (Lipinski definition) is 5. The van der Waals surface area contributed by atoms with Gasteiger partial charge in [-0.15, -0.1) is 0 Å². The van der Waals surface area contributed by atoms with E-state index in [0.717, 1.165) is 41.9 Å². The Balaban J connectivity index is 1.65.